The molecule has 36 heavy (non-hydrogen) atoms. The third-order valence-corrected chi connectivity index (χ3v) is 6.74. The number of nitrogens with zero attached hydrogens (tertiary/aromatic N) is 3. The predicted molar refractivity (Wildman–Crippen MR) is 137 cm³/mol. The first-order valence-electron chi connectivity index (χ1n) is 11.4. The number of halogens is 1. The van der Waals surface area contributed by atoms with Gasteiger partial charge in [-0.25, -0.2) is 4.39 Å². The summed E-state index contributed by atoms with van der Waals surface area (Å²) in [6.07, 6.45) is -0.645. The van der Waals surface area contributed by atoms with Crippen molar-refractivity contribution in [3.8, 4) is 28.5 Å². The number of fused-ring (bicyclic) bond motifs is 3. The molecule has 8 heteroatoms. The summed E-state index contributed by atoms with van der Waals surface area (Å²) in [4.78, 5) is 4.70. The van der Waals surface area contributed by atoms with Gasteiger partial charge in [-0.05, 0) is 55.0 Å². The van der Waals surface area contributed by atoms with Gasteiger partial charge < -0.3 is 14.5 Å². The lowest BCUT2D eigenvalue weighted by Gasteiger charge is -2.16. The molecule has 6 nitrogen and oxygen atoms in total. The lowest BCUT2D eigenvalue weighted by atomic mass is 10.1. The van der Waals surface area contributed by atoms with Crippen LogP contribution in [0.1, 0.15) is 23.1 Å². The summed E-state index contributed by atoms with van der Waals surface area (Å²) in [6, 6.07) is 26.0. The summed E-state index contributed by atoms with van der Waals surface area (Å²) in [5.74, 6) is 1.97. The van der Waals surface area contributed by atoms with Gasteiger partial charge in [0.05, 0.1) is 0 Å². The second-order valence-corrected chi connectivity index (χ2v) is 9.36. The maximum atomic E-state index is 13.3. The average molecular weight is 497 g/mol. The lowest BCUT2D eigenvalue weighted by Crippen LogP contribution is -2.16. The van der Waals surface area contributed by atoms with Gasteiger partial charge in [0.15, 0.2) is 11.5 Å². The zero-order valence-electron chi connectivity index (χ0n) is 19.3. The molecule has 0 spiro atoms. The topological polar surface area (TPSA) is 73.1 Å². The normalized spacial score (nSPS) is 14.2. The molecule has 3 heterocycles. The molecule has 0 amide bonds. The van der Waals surface area contributed by atoms with E-state index in [9.17, 15) is 4.39 Å². The van der Waals surface area contributed by atoms with Crippen molar-refractivity contribution in [2.24, 2.45) is 0 Å². The molecule has 2 aromatic heterocycles. The molecular weight excluding hydrogens is 475 g/mol. The summed E-state index contributed by atoms with van der Waals surface area (Å²) in [5, 5.41) is 12.7. The van der Waals surface area contributed by atoms with Crippen LogP contribution in [0.4, 0.5) is 10.1 Å². The van der Waals surface area contributed by atoms with Crippen LogP contribution in [0.2, 0.25) is 0 Å². The molecule has 1 atom stereocenters. The highest BCUT2D eigenvalue weighted by Crippen LogP contribution is 2.40. The molecule has 0 radical (unpaired) electrons. The Balaban J connectivity index is 1.31. The quantitative estimate of drug-likeness (QED) is 0.262. The first kappa shape index (κ1) is 22.3. The SMILES string of the molecule is Cc1ccc(CSc2nnc3c(n2)O[C@@H](c2ccc(-c4ccc(F)cc4)o2)Nc2ccccc2-3)cc1. The molecule has 1 aliphatic rings. The molecule has 6 rings (SSSR count). The van der Waals surface area contributed by atoms with Crippen LogP contribution in [-0.4, -0.2) is 15.2 Å². The number of nitrogens with one attached hydrogen (secondary N) is 1. The number of thioether (sulfide) groups is 1. The van der Waals surface area contributed by atoms with E-state index in [1.165, 1.54) is 35.0 Å². The van der Waals surface area contributed by atoms with E-state index in [0.29, 0.717) is 28.3 Å². The van der Waals surface area contributed by atoms with E-state index >= 15 is 0 Å². The van der Waals surface area contributed by atoms with Crippen LogP contribution >= 0.6 is 11.8 Å². The van der Waals surface area contributed by atoms with Crippen molar-refractivity contribution in [1.29, 1.82) is 0 Å². The first-order valence-corrected chi connectivity index (χ1v) is 12.4. The maximum absolute atomic E-state index is 13.3. The van der Waals surface area contributed by atoms with E-state index in [2.05, 4.69) is 46.7 Å². The minimum absolute atomic E-state index is 0.296. The predicted octanol–water partition coefficient (Wildman–Crippen LogP) is 7.04. The highest BCUT2D eigenvalue weighted by molar-refractivity contribution is 7.98. The number of aromatic nitrogens is 3. The number of hydrogen-bond acceptors (Lipinski definition) is 7. The monoisotopic (exact) mass is 496 g/mol. The summed E-state index contributed by atoms with van der Waals surface area (Å²) in [5.41, 5.74) is 5.41. The van der Waals surface area contributed by atoms with Gasteiger partial charge in [0.1, 0.15) is 11.6 Å². The van der Waals surface area contributed by atoms with E-state index < -0.39 is 6.23 Å². The van der Waals surface area contributed by atoms with Crippen LogP contribution in [0, 0.1) is 12.7 Å². The smallest absolute Gasteiger partial charge is 0.247 e. The van der Waals surface area contributed by atoms with Gasteiger partial charge in [0.2, 0.25) is 17.3 Å². The van der Waals surface area contributed by atoms with Crippen LogP contribution < -0.4 is 10.1 Å². The van der Waals surface area contributed by atoms with Crippen LogP contribution in [0.25, 0.3) is 22.6 Å². The van der Waals surface area contributed by atoms with Crippen LogP contribution in [-0.2, 0) is 5.75 Å². The van der Waals surface area contributed by atoms with Crippen LogP contribution in [0.5, 0.6) is 5.88 Å². The summed E-state index contributed by atoms with van der Waals surface area (Å²) < 4.78 is 25.8. The number of rotatable bonds is 5. The number of benzene rings is 3. The van der Waals surface area contributed by atoms with E-state index in [0.717, 1.165) is 22.6 Å². The molecule has 178 valence electrons. The van der Waals surface area contributed by atoms with Gasteiger partial charge >= 0.3 is 0 Å². The Morgan fingerprint density at radius 3 is 2.56 bits per heavy atom. The second-order valence-electron chi connectivity index (χ2n) is 8.42. The van der Waals surface area contributed by atoms with Gasteiger partial charge in [-0.3, -0.25) is 0 Å². The first-order chi connectivity index (χ1) is 17.6. The lowest BCUT2D eigenvalue weighted by molar-refractivity contribution is 0.196. The maximum Gasteiger partial charge on any atom is 0.247 e. The minimum atomic E-state index is -0.645. The number of para-hydroxylation sites is 1. The summed E-state index contributed by atoms with van der Waals surface area (Å²) in [7, 11) is 0. The summed E-state index contributed by atoms with van der Waals surface area (Å²) >= 11 is 1.50. The molecule has 0 aliphatic carbocycles. The number of anilines is 1. The Morgan fingerprint density at radius 2 is 1.72 bits per heavy atom. The standard InChI is InChI=1S/C28H21FN4O2S/c1-17-6-8-18(9-7-17)16-36-28-31-27-25(32-33-28)21-4-2-3-5-22(21)30-26(35-27)24-15-14-23(34-24)19-10-12-20(29)13-11-19/h2-15,26,30H,16H2,1H3/t26-/m0/s1. The van der Waals surface area contributed by atoms with Crippen molar-refractivity contribution in [2.75, 3.05) is 5.32 Å². The molecule has 0 fully saturated rings. The molecule has 3 aromatic carbocycles. The van der Waals surface area contributed by atoms with E-state index in [-0.39, 0.29) is 5.82 Å². The van der Waals surface area contributed by atoms with E-state index in [1.807, 2.05) is 36.4 Å². The fraction of sp³-hybridized carbons (Fsp3) is 0.107. The Kier molecular flexibility index (Phi) is 5.87. The zero-order valence-corrected chi connectivity index (χ0v) is 20.1. The zero-order chi connectivity index (χ0) is 24.5. The fourth-order valence-corrected chi connectivity index (χ4v) is 4.67. The minimum Gasteiger partial charge on any atom is -0.455 e. The second kappa shape index (κ2) is 9.47. The van der Waals surface area contributed by atoms with Gasteiger partial charge in [-0.15, -0.1) is 10.2 Å². The van der Waals surface area contributed by atoms with Crippen molar-refractivity contribution in [3.05, 3.63) is 108 Å². The van der Waals surface area contributed by atoms with Gasteiger partial charge in [-0.2, -0.15) is 4.98 Å². The van der Waals surface area contributed by atoms with Crippen molar-refractivity contribution >= 4 is 17.4 Å². The molecule has 0 bridgehead atoms. The fourth-order valence-electron chi connectivity index (χ4n) is 3.93. The van der Waals surface area contributed by atoms with E-state index in [1.54, 1.807) is 12.1 Å². The van der Waals surface area contributed by atoms with Crippen LogP contribution in [0.15, 0.2) is 94.5 Å². The largest absolute Gasteiger partial charge is 0.455 e. The van der Waals surface area contributed by atoms with Crippen molar-refractivity contribution in [1.82, 2.24) is 15.2 Å². The van der Waals surface area contributed by atoms with Gasteiger partial charge in [0.25, 0.3) is 0 Å². The Bertz CT molecular complexity index is 1520. The number of ether oxygens (including phenoxy) is 1. The molecule has 5 aromatic rings. The highest BCUT2D eigenvalue weighted by atomic mass is 32.2. The van der Waals surface area contributed by atoms with Gasteiger partial charge in [-0.1, -0.05) is 59.8 Å². The Labute approximate surface area is 211 Å². The molecule has 1 N–H and O–H groups in total. The average Bonchev–Trinajstić information content (AvgIpc) is 3.33. The van der Waals surface area contributed by atoms with E-state index in [4.69, 9.17) is 14.1 Å². The third kappa shape index (κ3) is 4.55. The third-order valence-electron chi connectivity index (χ3n) is 5.84. The van der Waals surface area contributed by atoms with Crippen LogP contribution in [0.3, 0.4) is 0 Å². The van der Waals surface area contributed by atoms with Crippen molar-refractivity contribution in [3.63, 3.8) is 0 Å². The number of furan rings is 1. The molecular formula is C28H21FN4O2S. The molecule has 0 saturated heterocycles. The van der Waals surface area contributed by atoms with Gasteiger partial charge in [0, 0.05) is 22.6 Å². The highest BCUT2D eigenvalue weighted by Gasteiger charge is 2.28. The molecule has 0 unspecified atom stereocenters. The Morgan fingerprint density at radius 1 is 0.917 bits per heavy atom. The van der Waals surface area contributed by atoms with Crippen molar-refractivity contribution < 1.29 is 13.5 Å². The molecule has 0 saturated carbocycles. The Hall–Kier alpha value is -4.17. The number of hydrogen-bond donors (Lipinski definition) is 1. The summed E-state index contributed by atoms with van der Waals surface area (Å²) in [6.45, 7) is 2.07. The molecule has 1 aliphatic heterocycles. The van der Waals surface area contributed by atoms with Crippen molar-refractivity contribution in [2.45, 2.75) is 24.1 Å². The number of aryl methyl sites for hydroxylation is 1.